The summed E-state index contributed by atoms with van der Waals surface area (Å²) in [6.45, 7) is 1.90. The van der Waals surface area contributed by atoms with Gasteiger partial charge in [0.2, 0.25) is 5.88 Å². The number of carbonyl (C=O) groups excluding carboxylic acids is 1. The standard InChI is InChI=1S/C25H24F3N5O2/c26-16-4-1-5-17(27)21(16)22-18(28)10-19(30)23(32-22)20(34)9-13-11-31-25-15(6-8-35-25)24(13)33-7-2-3-14(29)12-33/h1,4-5,10-11,14H,2-3,6-9,12,29-30H2/t14-/m0/s1. The molecule has 7 nitrogen and oxygen atoms in total. The number of piperidine rings is 1. The molecule has 0 unspecified atom stereocenters. The fraction of sp³-hybridized carbons (Fsp3) is 0.320. The van der Waals surface area contributed by atoms with Crippen LogP contribution in [0.3, 0.4) is 0 Å². The van der Waals surface area contributed by atoms with Crippen molar-refractivity contribution in [2.24, 2.45) is 5.73 Å². The molecular weight excluding hydrogens is 459 g/mol. The summed E-state index contributed by atoms with van der Waals surface area (Å²) in [6, 6.07) is 4.01. The molecule has 2 aliphatic rings. The molecule has 5 rings (SSSR count). The molecule has 182 valence electrons. The summed E-state index contributed by atoms with van der Waals surface area (Å²) in [4.78, 5) is 23.8. The number of nitrogen functional groups attached to an aromatic ring is 1. The van der Waals surface area contributed by atoms with E-state index in [0.29, 0.717) is 31.0 Å². The van der Waals surface area contributed by atoms with Crippen LogP contribution in [-0.2, 0) is 12.8 Å². The smallest absolute Gasteiger partial charge is 0.218 e. The number of carbonyl (C=O) groups is 1. The highest BCUT2D eigenvalue weighted by Gasteiger charge is 2.29. The molecule has 0 amide bonds. The predicted molar refractivity (Wildman–Crippen MR) is 125 cm³/mol. The van der Waals surface area contributed by atoms with Crippen molar-refractivity contribution in [3.63, 3.8) is 0 Å². The van der Waals surface area contributed by atoms with Gasteiger partial charge < -0.3 is 21.1 Å². The number of pyridine rings is 2. The molecule has 0 radical (unpaired) electrons. The molecule has 0 saturated carbocycles. The van der Waals surface area contributed by atoms with E-state index in [1.807, 2.05) is 0 Å². The summed E-state index contributed by atoms with van der Waals surface area (Å²) in [5.41, 5.74) is 12.8. The predicted octanol–water partition coefficient (Wildman–Crippen LogP) is 3.43. The summed E-state index contributed by atoms with van der Waals surface area (Å²) in [6.07, 6.45) is 3.92. The molecule has 2 aliphatic heterocycles. The van der Waals surface area contributed by atoms with Crippen molar-refractivity contribution in [2.45, 2.75) is 31.7 Å². The lowest BCUT2D eigenvalue weighted by Crippen LogP contribution is -2.43. The van der Waals surface area contributed by atoms with Gasteiger partial charge in [-0.2, -0.15) is 0 Å². The molecule has 0 aliphatic carbocycles. The van der Waals surface area contributed by atoms with E-state index >= 15 is 0 Å². The first kappa shape index (κ1) is 23.1. The normalized spacial score (nSPS) is 17.3. The van der Waals surface area contributed by atoms with Crippen LogP contribution in [0.25, 0.3) is 11.3 Å². The number of hydrogen-bond acceptors (Lipinski definition) is 7. The third kappa shape index (κ3) is 4.29. The number of ketones is 1. The molecule has 1 saturated heterocycles. The van der Waals surface area contributed by atoms with E-state index in [2.05, 4.69) is 14.9 Å². The SMILES string of the molecule is Nc1cc(F)c(-c2c(F)cccc2F)nc1C(=O)Cc1cnc2c(c1N1CCC[C@H](N)C1)CCO2. The number of nitrogens with zero attached hydrogens (tertiary/aromatic N) is 3. The third-order valence-electron chi connectivity index (χ3n) is 6.37. The number of nitrogens with two attached hydrogens (primary N) is 2. The monoisotopic (exact) mass is 483 g/mol. The van der Waals surface area contributed by atoms with Crippen LogP contribution >= 0.6 is 0 Å². The molecule has 10 heteroatoms. The van der Waals surface area contributed by atoms with Gasteiger partial charge in [-0.15, -0.1) is 0 Å². The highest BCUT2D eigenvalue weighted by atomic mass is 19.1. The van der Waals surface area contributed by atoms with Gasteiger partial charge in [-0.1, -0.05) is 6.07 Å². The number of benzene rings is 1. The van der Waals surface area contributed by atoms with Crippen LogP contribution in [0.5, 0.6) is 5.88 Å². The number of anilines is 2. The van der Waals surface area contributed by atoms with Crippen molar-refractivity contribution in [3.05, 3.63) is 64.7 Å². The lowest BCUT2D eigenvalue weighted by Gasteiger charge is -2.35. The molecular formula is C25H24F3N5O2. The van der Waals surface area contributed by atoms with Crippen LogP contribution in [0, 0.1) is 17.5 Å². The molecule has 4 N–H and O–H groups in total. The Balaban J connectivity index is 1.54. The average Bonchev–Trinajstić information content (AvgIpc) is 3.29. The molecule has 2 aromatic heterocycles. The Morgan fingerprint density at radius 2 is 1.97 bits per heavy atom. The second-order valence-corrected chi connectivity index (χ2v) is 8.82. The fourth-order valence-corrected chi connectivity index (χ4v) is 4.79. The summed E-state index contributed by atoms with van der Waals surface area (Å²) < 4.78 is 48.9. The number of halogens is 3. The molecule has 1 aromatic carbocycles. The Morgan fingerprint density at radius 1 is 1.20 bits per heavy atom. The Hall–Kier alpha value is -3.66. The molecule has 0 bridgehead atoms. The zero-order chi connectivity index (χ0) is 24.7. The number of aromatic nitrogens is 2. The lowest BCUT2D eigenvalue weighted by atomic mass is 9.98. The van der Waals surface area contributed by atoms with Gasteiger partial charge in [-0.3, -0.25) is 4.79 Å². The Labute approximate surface area is 199 Å². The van der Waals surface area contributed by atoms with Gasteiger partial charge in [0.1, 0.15) is 23.0 Å². The number of ether oxygens (including phenoxy) is 1. The minimum atomic E-state index is -1.03. The van der Waals surface area contributed by atoms with Crippen LogP contribution in [-0.4, -0.2) is 41.5 Å². The van der Waals surface area contributed by atoms with E-state index in [-0.39, 0.29) is 23.8 Å². The summed E-state index contributed by atoms with van der Waals surface area (Å²) >= 11 is 0. The Morgan fingerprint density at radius 3 is 2.71 bits per heavy atom. The van der Waals surface area contributed by atoms with E-state index in [1.54, 1.807) is 6.20 Å². The van der Waals surface area contributed by atoms with Crippen LogP contribution in [0.2, 0.25) is 0 Å². The first-order chi connectivity index (χ1) is 16.8. The maximum absolute atomic E-state index is 14.6. The zero-order valence-electron chi connectivity index (χ0n) is 18.9. The molecule has 35 heavy (non-hydrogen) atoms. The van der Waals surface area contributed by atoms with E-state index in [0.717, 1.165) is 54.9 Å². The van der Waals surface area contributed by atoms with E-state index in [1.165, 1.54) is 0 Å². The second kappa shape index (κ2) is 9.18. The lowest BCUT2D eigenvalue weighted by molar-refractivity contribution is 0.0989. The summed E-state index contributed by atoms with van der Waals surface area (Å²) in [5, 5.41) is 0. The van der Waals surface area contributed by atoms with Gasteiger partial charge in [0.15, 0.2) is 11.6 Å². The summed E-state index contributed by atoms with van der Waals surface area (Å²) in [5.74, 6) is -3.00. The maximum Gasteiger partial charge on any atom is 0.218 e. The number of hydrogen-bond donors (Lipinski definition) is 2. The largest absolute Gasteiger partial charge is 0.477 e. The zero-order valence-corrected chi connectivity index (χ0v) is 18.9. The van der Waals surface area contributed by atoms with Gasteiger partial charge in [-0.25, -0.2) is 23.1 Å². The first-order valence-electron chi connectivity index (χ1n) is 11.4. The van der Waals surface area contributed by atoms with Crippen LogP contribution in [0.4, 0.5) is 24.5 Å². The average molecular weight is 483 g/mol. The van der Waals surface area contributed by atoms with Gasteiger partial charge in [0.05, 0.1) is 23.5 Å². The van der Waals surface area contributed by atoms with Crippen LogP contribution in [0.1, 0.15) is 34.5 Å². The van der Waals surface area contributed by atoms with Crippen LogP contribution in [0.15, 0.2) is 30.5 Å². The van der Waals surface area contributed by atoms with Crippen LogP contribution < -0.4 is 21.1 Å². The molecule has 1 atom stereocenters. The fourth-order valence-electron chi connectivity index (χ4n) is 4.79. The summed E-state index contributed by atoms with van der Waals surface area (Å²) in [7, 11) is 0. The van der Waals surface area contributed by atoms with Crippen molar-refractivity contribution in [1.82, 2.24) is 9.97 Å². The third-order valence-corrected chi connectivity index (χ3v) is 6.37. The van der Waals surface area contributed by atoms with Gasteiger partial charge in [0.25, 0.3) is 0 Å². The minimum absolute atomic E-state index is 0.00562. The highest BCUT2D eigenvalue weighted by molar-refractivity contribution is 6.01. The maximum atomic E-state index is 14.6. The van der Waals surface area contributed by atoms with Crippen molar-refractivity contribution in [3.8, 4) is 17.1 Å². The molecule has 3 aromatic rings. The molecule has 1 fully saturated rings. The first-order valence-corrected chi connectivity index (χ1v) is 11.4. The van der Waals surface area contributed by atoms with Gasteiger partial charge in [0, 0.05) is 55.4 Å². The second-order valence-electron chi connectivity index (χ2n) is 8.82. The highest BCUT2D eigenvalue weighted by Crippen LogP contribution is 2.37. The van der Waals surface area contributed by atoms with E-state index < -0.39 is 34.5 Å². The quantitative estimate of drug-likeness (QED) is 0.536. The van der Waals surface area contributed by atoms with E-state index in [4.69, 9.17) is 16.2 Å². The number of fused-ring (bicyclic) bond motifs is 1. The van der Waals surface area contributed by atoms with E-state index in [9.17, 15) is 18.0 Å². The molecule has 4 heterocycles. The topological polar surface area (TPSA) is 107 Å². The van der Waals surface area contributed by atoms with Gasteiger partial charge >= 0.3 is 0 Å². The number of Topliss-reactive ketones (excluding diaryl/α,β-unsaturated/α-hetero) is 1. The Bertz CT molecular complexity index is 1300. The van der Waals surface area contributed by atoms with Crippen molar-refractivity contribution in [1.29, 1.82) is 0 Å². The van der Waals surface area contributed by atoms with Crippen molar-refractivity contribution < 1.29 is 22.7 Å². The Kier molecular flexibility index (Phi) is 6.06. The minimum Gasteiger partial charge on any atom is -0.477 e. The van der Waals surface area contributed by atoms with Gasteiger partial charge in [-0.05, 0) is 25.0 Å². The van der Waals surface area contributed by atoms with Crippen molar-refractivity contribution >= 4 is 17.2 Å². The number of rotatable bonds is 5. The van der Waals surface area contributed by atoms with Crippen molar-refractivity contribution in [2.75, 3.05) is 30.3 Å². The molecule has 0 spiro atoms.